The Hall–Kier alpha value is -1.39. The standard InChI is InChI=1S/C15H21NO3/c1-14(2,12-6-4-3-5-7-12)13(17)16-10-15(18)8-9-19-11-15/h3-7,18H,8-11H2,1-2H3,(H,16,17). The summed E-state index contributed by atoms with van der Waals surface area (Å²) in [5, 5.41) is 13.0. The summed E-state index contributed by atoms with van der Waals surface area (Å²) >= 11 is 0. The fourth-order valence-electron chi connectivity index (χ4n) is 2.19. The quantitative estimate of drug-likeness (QED) is 0.859. The van der Waals surface area contributed by atoms with Crippen LogP contribution in [0, 0.1) is 0 Å². The van der Waals surface area contributed by atoms with E-state index in [1.54, 1.807) is 0 Å². The monoisotopic (exact) mass is 263 g/mol. The van der Waals surface area contributed by atoms with Crippen LogP contribution < -0.4 is 5.32 Å². The van der Waals surface area contributed by atoms with Crippen molar-refractivity contribution in [3.63, 3.8) is 0 Å². The van der Waals surface area contributed by atoms with Gasteiger partial charge in [-0.05, 0) is 19.4 Å². The van der Waals surface area contributed by atoms with Crippen molar-refractivity contribution in [3.8, 4) is 0 Å². The summed E-state index contributed by atoms with van der Waals surface area (Å²) in [7, 11) is 0. The van der Waals surface area contributed by atoms with Crippen LogP contribution in [-0.2, 0) is 14.9 Å². The van der Waals surface area contributed by atoms with E-state index in [9.17, 15) is 9.90 Å². The second-order valence-electron chi connectivity index (χ2n) is 5.70. The Labute approximate surface area is 113 Å². The zero-order valence-corrected chi connectivity index (χ0v) is 11.5. The largest absolute Gasteiger partial charge is 0.386 e. The molecular weight excluding hydrogens is 242 g/mol. The van der Waals surface area contributed by atoms with Gasteiger partial charge in [0.15, 0.2) is 0 Å². The summed E-state index contributed by atoms with van der Waals surface area (Å²) in [5.74, 6) is -0.0842. The van der Waals surface area contributed by atoms with Crippen LogP contribution in [0.2, 0.25) is 0 Å². The maximum absolute atomic E-state index is 12.3. The van der Waals surface area contributed by atoms with Gasteiger partial charge >= 0.3 is 0 Å². The summed E-state index contributed by atoms with van der Waals surface area (Å²) in [6, 6.07) is 9.64. The minimum absolute atomic E-state index is 0.0842. The van der Waals surface area contributed by atoms with Gasteiger partial charge in [-0.2, -0.15) is 0 Å². The maximum atomic E-state index is 12.3. The van der Waals surface area contributed by atoms with E-state index in [-0.39, 0.29) is 12.5 Å². The Balaban J connectivity index is 1.99. The van der Waals surface area contributed by atoms with Crippen LogP contribution in [0.15, 0.2) is 30.3 Å². The Bertz CT molecular complexity index is 436. The summed E-state index contributed by atoms with van der Waals surface area (Å²) in [6.45, 7) is 4.84. The van der Waals surface area contributed by atoms with Crippen LogP contribution in [0.1, 0.15) is 25.8 Å². The summed E-state index contributed by atoms with van der Waals surface area (Å²) in [5.41, 5.74) is -0.568. The molecule has 2 N–H and O–H groups in total. The predicted octanol–water partition coefficient (Wildman–Crippen LogP) is 1.23. The van der Waals surface area contributed by atoms with Crippen molar-refractivity contribution in [2.75, 3.05) is 19.8 Å². The molecule has 1 heterocycles. The molecule has 1 aliphatic rings. The minimum atomic E-state index is -0.914. The topological polar surface area (TPSA) is 58.6 Å². The molecule has 1 fully saturated rings. The molecule has 4 nitrogen and oxygen atoms in total. The van der Waals surface area contributed by atoms with Crippen LogP contribution >= 0.6 is 0 Å². The third kappa shape index (κ3) is 3.14. The lowest BCUT2D eigenvalue weighted by atomic mass is 9.83. The molecule has 0 radical (unpaired) electrons. The number of ether oxygens (including phenoxy) is 1. The van der Waals surface area contributed by atoms with E-state index in [4.69, 9.17) is 4.74 Å². The molecule has 0 saturated carbocycles. The van der Waals surface area contributed by atoms with Gasteiger partial charge in [0.2, 0.25) is 5.91 Å². The first-order valence-electron chi connectivity index (χ1n) is 6.58. The highest BCUT2D eigenvalue weighted by Gasteiger charge is 2.35. The molecule has 0 aliphatic carbocycles. The SMILES string of the molecule is CC(C)(C(=O)NCC1(O)CCOC1)c1ccccc1. The Morgan fingerprint density at radius 3 is 2.68 bits per heavy atom. The molecule has 0 spiro atoms. The Morgan fingerprint density at radius 1 is 1.42 bits per heavy atom. The highest BCUT2D eigenvalue weighted by Crippen LogP contribution is 2.24. The lowest BCUT2D eigenvalue weighted by molar-refractivity contribution is -0.126. The first-order valence-corrected chi connectivity index (χ1v) is 6.58. The minimum Gasteiger partial charge on any atom is -0.386 e. The molecular formula is C15H21NO3. The van der Waals surface area contributed by atoms with Gasteiger partial charge in [0.25, 0.3) is 0 Å². The van der Waals surface area contributed by atoms with E-state index in [0.29, 0.717) is 19.6 Å². The van der Waals surface area contributed by atoms with E-state index in [1.165, 1.54) is 0 Å². The molecule has 1 unspecified atom stereocenters. The molecule has 1 aliphatic heterocycles. The molecule has 1 aromatic carbocycles. The third-order valence-corrected chi connectivity index (χ3v) is 3.72. The van der Waals surface area contributed by atoms with Gasteiger partial charge in [0.05, 0.1) is 12.0 Å². The van der Waals surface area contributed by atoms with Crippen LogP contribution in [-0.4, -0.2) is 36.4 Å². The van der Waals surface area contributed by atoms with Crippen molar-refractivity contribution in [3.05, 3.63) is 35.9 Å². The fraction of sp³-hybridized carbons (Fsp3) is 0.533. The van der Waals surface area contributed by atoms with E-state index in [2.05, 4.69) is 5.32 Å². The van der Waals surface area contributed by atoms with Crippen molar-refractivity contribution >= 4 is 5.91 Å². The number of carbonyl (C=O) groups is 1. The number of rotatable bonds is 4. The number of aliphatic hydroxyl groups is 1. The molecule has 1 saturated heterocycles. The van der Waals surface area contributed by atoms with Crippen LogP contribution in [0.25, 0.3) is 0 Å². The number of benzene rings is 1. The van der Waals surface area contributed by atoms with Crippen molar-refractivity contribution in [1.29, 1.82) is 0 Å². The van der Waals surface area contributed by atoms with Crippen LogP contribution in [0.3, 0.4) is 0 Å². The predicted molar refractivity (Wildman–Crippen MR) is 72.9 cm³/mol. The second-order valence-corrected chi connectivity index (χ2v) is 5.70. The number of carbonyl (C=O) groups excluding carboxylic acids is 1. The molecule has 19 heavy (non-hydrogen) atoms. The van der Waals surface area contributed by atoms with Crippen molar-refractivity contribution in [1.82, 2.24) is 5.32 Å². The van der Waals surface area contributed by atoms with Gasteiger partial charge in [-0.15, -0.1) is 0 Å². The fourth-order valence-corrected chi connectivity index (χ4v) is 2.19. The van der Waals surface area contributed by atoms with Gasteiger partial charge < -0.3 is 15.2 Å². The molecule has 0 aromatic heterocycles. The molecule has 4 heteroatoms. The molecule has 2 rings (SSSR count). The molecule has 104 valence electrons. The molecule has 1 atom stereocenters. The first kappa shape index (κ1) is 14.0. The zero-order valence-electron chi connectivity index (χ0n) is 11.5. The normalized spacial score (nSPS) is 23.3. The van der Waals surface area contributed by atoms with Gasteiger partial charge in [0, 0.05) is 19.6 Å². The van der Waals surface area contributed by atoms with Gasteiger partial charge in [-0.1, -0.05) is 30.3 Å². The number of amides is 1. The Morgan fingerprint density at radius 2 is 2.11 bits per heavy atom. The van der Waals surface area contributed by atoms with Crippen molar-refractivity contribution in [2.45, 2.75) is 31.3 Å². The molecule has 1 amide bonds. The smallest absolute Gasteiger partial charge is 0.230 e. The van der Waals surface area contributed by atoms with E-state index in [1.807, 2.05) is 44.2 Å². The van der Waals surface area contributed by atoms with Gasteiger partial charge in [0.1, 0.15) is 5.60 Å². The summed E-state index contributed by atoms with van der Waals surface area (Å²) in [4.78, 5) is 12.3. The van der Waals surface area contributed by atoms with E-state index < -0.39 is 11.0 Å². The lowest BCUT2D eigenvalue weighted by Gasteiger charge is -2.27. The third-order valence-electron chi connectivity index (χ3n) is 3.72. The van der Waals surface area contributed by atoms with Crippen molar-refractivity contribution in [2.24, 2.45) is 0 Å². The highest BCUT2D eigenvalue weighted by molar-refractivity contribution is 5.87. The molecule has 0 bridgehead atoms. The van der Waals surface area contributed by atoms with E-state index >= 15 is 0 Å². The summed E-state index contributed by atoms with van der Waals surface area (Å²) in [6.07, 6.45) is 0.568. The van der Waals surface area contributed by atoms with Crippen molar-refractivity contribution < 1.29 is 14.6 Å². The van der Waals surface area contributed by atoms with Crippen LogP contribution in [0.5, 0.6) is 0 Å². The van der Waals surface area contributed by atoms with Gasteiger partial charge in [-0.3, -0.25) is 4.79 Å². The number of nitrogens with one attached hydrogen (secondary N) is 1. The number of hydrogen-bond acceptors (Lipinski definition) is 3. The lowest BCUT2D eigenvalue weighted by Crippen LogP contribution is -2.48. The van der Waals surface area contributed by atoms with E-state index in [0.717, 1.165) is 5.56 Å². The Kier molecular flexibility index (Phi) is 3.92. The average molecular weight is 263 g/mol. The number of hydrogen-bond donors (Lipinski definition) is 2. The van der Waals surface area contributed by atoms with Crippen LogP contribution in [0.4, 0.5) is 0 Å². The molecule has 1 aromatic rings. The maximum Gasteiger partial charge on any atom is 0.230 e. The average Bonchev–Trinajstić information content (AvgIpc) is 2.84. The second kappa shape index (κ2) is 5.31. The zero-order chi connectivity index (χ0) is 13.9. The van der Waals surface area contributed by atoms with Gasteiger partial charge in [-0.25, -0.2) is 0 Å². The first-order chi connectivity index (χ1) is 8.94. The highest BCUT2D eigenvalue weighted by atomic mass is 16.5. The summed E-state index contributed by atoms with van der Waals surface area (Å²) < 4.78 is 5.16.